The second-order valence-electron chi connectivity index (χ2n) is 5.70. The molecular weight excluding hydrogens is 404 g/mol. The van der Waals surface area contributed by atoms with E-state index in [4.69, 9.17) is 4.74 Å². The number of aliphatic hydroxyl groups excluding tert-OH is 1. The van der Waals surface area contributed by atoms with E-state index in [-0.39, 0.29) is 11.5 Å². The summed E-state index contributed by atoms with van der Waals surface area (Å²) in [7, 11) is 0. The van der Waals surface area contributed by atoms with Crippen LogP contribution in [0.5, 0.6) is 0 Å². The quantitative estimate of drug-likeness (QED) is 0.759. The predicted octanol–water partition coefficient (Wildman–Crippen LogP) is 4.55. The molecule has 2 nitrogen and oxygen atoms in total. The van der Waals surface area contributed by atoms with Crippen LogP contribution in [0.25, 0.3) is 0 Å². The average Bonchev–Trinajstić information content (AvgIpc) is 2.88. The molecule has 1 aromatic carbocycles. The Kier molecular flexibility index (Phi) is 4.83. The van der Waals surface area contributed by atoms with E-state index in [1.165, 1.54) is 5.75 Å². The summed E-state index contributed by atoms with van der Waals surface area (Å²) in [5.74, 6) is 2.55. The summed E-state index contributed by atoms with van der Waals surface area (Å²) >= 11 is 9.02. The van der Waals surface area contributed by atoms with Crippen molar-refractivity contribution in [2.45, 2.75) is 31.0 Å². The zero-order valence-electron chi connectivity index (χ0n) is 11.1. The van der Waals surface area contributed by atoms with Gasteiger partial charge in [0.1, 0.15) is 0 Å². The maximum absolute atomic E-state index is 10.8. The minimum absolute atomic E-state index is 0.0209. The van der Waals surface area contributed by atoms with Crippen LogP contribution in [0, 0.1) is 5.92 Å². The summed E-state index contributed by atoms with van der Waals surface area (Å²) in [6, 6.07) is 5.99. The number of halogens is 2. The van der Waals surface area contributed by atoms with Gasteiger partial charge in [-0.25, -0.2) is 0 Å². The van der Waals surface area contributed by atoms with E-state index < -0.39 is 6.10 Å². The molecule has 0 amide bonds. The Bertz CT molecular complexity index is 489. The Morgan fingerprint density at radius 3 is 3.00 bits per heavy atom. The maximum Gasteiger partial charge on any atom is 0.0831 e. The van der Waals surface area contributed by atoms with Crippen molar-refractivity contribution in [1.82, 2.24) is 0 Å². The summed E-state index contributed by atoms with van der Waals surface area (Å²) in [5, 5.41) is 10.8. The lowest BCUT2D eigenvalue weighted by molar-refractivity contribution is -0.102. The van der Waals surface area contributed by atoms with Gasteiger partial charge in [0.25, 0.3) is 0 Å². The lowest BCUT2D eigenvalue weighted by atomic mass is 9.80. The molecule has 1 spiro atoms. The smallest absolute Gasteiger partial charge is 0.0831 e. The second kappa shape index (κ2) is 6.29. The standard InChI is InChI=1S/C15H18Br2O2S/c16-11-1-2-13(17)12(7-11)14(18)10-3-5-19-15(8-10)4-6-20-9-15/h1-2,7,10,14,18H,3-6,8-9H2. The molecule has 3 unspecified atom stereocenters. The molecule has 3 atom stereocenters. The van der Waals surface area contributed by atoms with Crippen molar-refractivity contribution < 1.29 is 9.84 Å². The predicted molar refractivity (Wildman–Crippen MR) is 90.2 cm³/mol. The zero-order valence-corrected chi connectivity index (χ0v) is 15.1. The number of rotatable bonds is 2. The van der Waals surface area contributed by atoms with Crippen molar-refractivity contribution in [3.8, 4) is 0 Å². The molecule has 2 heterocycles. The molecule has 2 aliphatic heterocycles. The van der Waals surface area contributed by atoms with Gasteiger partial charge in [-0.05, 0) is 54.7 Å². The Balaban J connectivity index is 1.79. The van der Waals surface area contributed by atoms with Crippen LogP contribution >= 0.6 is 43.6 Å². The molecule has 0 bridgehead atoms. The van der Waals surface area contributed by atoms with Crippen LogP contribution in [0.4, 0.5) is 0 Å². The highest BCUT2D eigenvalue weighted by molar-refractivity contribution is 9.11. The molecule has 2 aliphatic rings. The van der Waals surface area contributed by atoms with Crippen LogP contribution in [0.1, 0.15) is 30.9 Å². The van der Waals surface area contributed by atoms with E-state index in [1.54, 1.807) is 0 Å². The van der Waals surface area contributed by atoms with E-state index in [0.717, 1.165) is 46.1 Å². The number of benzene rings is 1. The first-order valence-electron chi connectivity index (χ1n) is 6.94. The van der Waals surface area contributed by atoms with E-state index in [1.807, 2.05) is 30.0 Å². The van der Waals surface area contributed by atoms with E-state index in [2.05, 4.69) is 31.9 Å². The molecule has 0 aliphatic carbocycles. The first kappa shape index (κ1) is 15.3. The summed E-state index contributed by atoms with van der Waals surface area (Å²) in [5.41, 5.74) is 1.000. The van der Waals surface area contributed by atoms with E-state index in [9.17, 15) is 5.11 Å². The van der Waals surface area contributed by atoms with Gasteiger partial charge < -0.3 is 9.84 Å². The van der Waals surface area contributed by atoms with E-state index >= 15 is 0 Å². The fourth-order valence-electron chi connectivity index (χ4n) is 3.19. The van der Waals surface area contributed by atoms with Crippen LogP contribution in [0.2, 0.25) is 0 Å². The number of hydrogen-bond donors (Lipinski definition) is 1. The second-order valence-corrected chi connectivity index (χ2v) is 8.57. The Labute approximate surface area is 140 Å². The van der Waals surface area contributed by atoms with Crippen molar-refractivity contribution in [3.05, 3.63) is 32.7 Å². The van der Waals surface area contributed by atoms with Crippen molar-refractivity contribution in [2.24, 2.45) is 5.92 Å². The normalized spacial score (nSPS) is 31.6. The van der Waals surface area contributed by atoms with Crippen molar-refractivity contribution >= 4 is 43.6 Å². The molecule has 0 radical (unpaired) electrons. The minimum Gasteiger partial charge on any atom is -0.388 e. The van der Waals surface area contributed by atoms with Crippen LogP contribution in [0.15, 0.2) is 27.1 Å². The summed E-state index contributed by atoms with van der Waals surface area (Å²) in [4.78, 5) is 0. The van der Waals surface area contributed by atoms with E-state index in [0.29, 0.717) is 0 Å². The fourth-order valence-corrected chi connectivity index (χ4v) is 5.43. The summed E-state index contributed by atoms with van der Waals surface area (Å²) in [6.07, 6.45) is 2.61. The molecule has 110 valence electrons. The lowest BCUT2D eigenvalue weighted by Gasteiger charge is -2.39. The Hall–Kier alpha value is 0.450. The lowest BCUT2D eigenvalue weighted by Crippen LogP contribution is -2.41. The third-order valence-electron chi connectivity index (χ3n) is 4.32. The zero-order chi connectivity index (χ0) is 14.2. The highest BCUT2D eigenvalue weighted by Crippen LogP contribution is 2.45. The third-order valence-corrected chi connectivity index (χ3v) is 6.76. The van der Waals surface area contributed by atoms with Gasteiger partial charge in [-0.3, -0.25) is 0 Å². The van der Waals surface area contributed by atoms with Crippen molar-refractivity contribution in [3.63, 3.8) is 0 Å². The van der Waals surface area contributed by atoms with Gasteiger partial charge >= 0.3 is 0 Å². The molecule has 2 fully saturated rings. The summed E-state index contributed by atoms with van der Waals surface area (Å²) < 4.78 is 8.03. The fraction of sp³-hybridized carbons (Fsp3) is 0.600. The molecule has 0 aromatic heterocycles. The molecule has 1 N–H and O–H groups in total. The van der Waals surface area contributed by atoms with Gasteiger partial charge in [-0.1, -0.05) is 31.9 Å². The van der Waals surface area contributed by atoms with Crippen LogP contribution in [0.3, 0.4) is 0 Å². The van der Waals surface area contributed by atoms with Gasteiger partial charge in [-0.15, -0.1) is 0 Å². The van der Waals surface area contributed by atoms with Gasteiger partial charge in [0.2, 0.25) is 0 Å². The Morgan fingerprint density at radius 2 is 2.25 bits per heavy atom. The molecule has 3 rings (SSSR count). The van der Waals surface area contributed by atoms with Crippen LogP contribution in [-0.4, -0.2) is 28.8 Å². The van der Waals surface area contributed by atoms with Crippen molar-refractivity contribution in [1.29, 1.82) is 0 Å². The first-order chi connectivity index (χ1) is 9.60. The first-order valence-corrected chi connectivity index (χ1v) is 9.68. The number of thioether (sulfide) groups is 1. The average molecular weight is 422 g/mol. The maximum atomic E-state index is 10.8. The molecule has 20 heavy (non-hydrogen) atoms. The Morgan fingerprint density at radius 1 is 1.40 bits per heavy atom. The summed E-state index contributed by atoms with van der Waals surface area (Å²) in [6.45, 7) is 0.772. The van der Waals surface area contributed by atoms with Gasteiger partial charge in [0.15, 0.2) is 0 Å². The molecular formula is C15H18Br2O2S. The highest BCUT2D eigenvalue weighted by Gasteiger charge is 2.42. The highest BCUT2D eigenvalue weighted by atomic mass is 79.9. The van der Waals surface area contributed by atoms with Gasteiger partial charge in [0, 0.05) is 21.3 Å². The van der Waals surface area contributed by atoms with Crippen molar-refractivity contribution in [2.75, 3.05) is 18.1 Å². The minimum atomic E-state index is -0.423. The molecule has 5 heteroatoms. The topological polar surface area (TPSA) is 29.5 Å². The number of hydrogen-bond acceptors (Lipinski definition) is 3. The molecule has 1 aromatic rings. The van der Waals surface area contributed by atoms with Gasteiger partial charge in [0.05, 0.1) is 11.7 Å². The van der Waals surface area contributed by atoms with Crippen LogP contribution in [-0.2, 0) is 4.74 Å². The number of ether oxygens (including phenoxy) is 1. The molecule has 0 saturated carbocycles. The monoisotopic (exact) mass is 420 g/mol. The molecule has 2 saturated heterocycles. The van der Waals surface area contributed by atoms with Gasteiger partial charge in [-0.2, -0.15) is 11.8 Å². The van der Waals surface area contributed by atoms with Crippen LogP contribution < -0.4 is 0 Å². The third kappa shape index (κ3) is 3.12. The largest absolute Gasteiger partial charge is 0.388 e. The number of aliphatic hydroxyl groups is 1. The SMILES string of the molecule is OC(c1cc(Br)ccc1Br)C1CCOC2(CCSC2)C1.